The van der Waals surface area contributed by atoms with E-state index in [0.717, 1.165) is 0 Å². The molecule has 92 valence electrons. The van der Waals surface area contributed by atoms with Gasteiger partial charge >= 0.3 is 11.9 Å². The molecule has 0 radical (unpaired) electrons. The third-order valence-corrected chi connectivity index (χ3v) is 3.47. The molecule has 2 N–H and O–H groups in total. The van der Waals surface area contributed by atoms with Crippen LogP contribution in [0.5, 0.6) is 0 Å². The van der Waals surface area contributed by atoms with Crippen molar-refractivity contribution in [3.8, 4) is 0 Å². The summed E-state index contributed by atoms with van der Waals surface area (Å²) in [6, 6.07) is 0. The average Bonchev–Trinajstić information content (AvgIpc) is 2.28. The number of carbonyl (C=O) groups is 2. The van der Waals surface area contributed by atoms with Gasteiger partial charge in [0.05, 0.1) is 17.9 Å². The van der Waals surface area contributed by atoms with Crippen LogP contribution >= 0.6 is 0 Å². The van der Waals surface area contributed by atoms with Crippen LogP contribution in [-0.2, 0) is 14.3 Å². The minimum atomic E-state index is -1.25. The normalized spacial score (nSPS) is 35.3. The lowest BCUT2D eigenvalue weighted by Crippen LogP contribution is -2.50. The predicted octanol–water partition coefficient (Wildman–Crippen LogP) is 1.06. The van der Waals surface area contributed by atoms with Gasteiger partial charge in [-0.05, 0) is 6.42 Å². The number of fused-ring (bicyclic) bond motifs is 1. The maximum absolute atomic E-state index is 11.5. The van der Waals surface area contributed by atoms with Gasteiger partial charge in [-0.1, -0.05) is 24.3 Å². The molecule has 0 aromatic carbocycles. The number of carboxylic acid groups (broad SMARTS) is 2. The van der Waals surface area contributed by atoms with Gasteiger partial charge in [0.2, 0.25) is 0 Å². The molecule has 1 aliphatic heterocycles. The summed E-state index contributed by atoms with van der Waals surface area (Å²) in [7, 11) is 0. The molecule has 0 spiro atoms. The number of ether oxygens (including phenoxy) is 1. The highest BCUT2D eigenvalue weighted by Crippen LogP contribution is 2.44. The fourth-order valence-electron chi connectivity index (χ4n) is 2.59. The Hall–Kier alpha value is -1.62. The maximum atomic E-state index is 11.5. The van der Waals surface area contributed by atoms with E-state index in [-0.39, 0.29) is 25.6 Å². The van der Waals surface area contributed by atoms with Crippen LogP contribution in [0, 0.1) is 11.3 Å². The van der Waals surface area contributed by atoms with E-state index in [2.05, 4.69) is 0 Å². The van der Waals surface area contributed by atoms with Gasteiger partial charge in [0.1, 0.15) is 0 Å². The lowest BCUT2D eigenvalue weighted by molar-refractivity contribution is -0.169. The van der Waals surface area contributed by atoms with E-state index >= 15 is 0 Å². The van der Waals surface area contributed by atoms with E-state index in [0.29, 0.717) is 0 Å². The van der Waals surface area contributed by atoms with Crippen molar-refractivity contribution in [2.24, 2.45) is 11.3 Å². The molecule has 5 heteroatoms. The van der Waals surface area contributed by atoms with Gasteiger partial charge in [0.15, 0.2) is 0 Å². The van der Waals surface area contributed by atoms with Crippen LogP contribution in [0.1, 0.15) is 12.8 Å². The molecular weight excluding hydrogens is 224 g/mol. The van der Waals surface area contributed by atoms with Crippen LogP contribution in [0.25, 0.3) is 0 Å². The molecule has 0 aromatic heterocycles. The van der Waals surface area contributed by atoms with E-state index in [1.54, 1.807) is 24.3 Å². The van der Waals surface area contributed by atoms with Gasteiger partial charge in [0, 0.05) is 12.5 Å². The molecule has 0 saturated carbocycles. The zero-order chi connectivity index (χ0) is 12.5. The molecule has 3 unspecified atom stereocenters. The molecule has 1 heterocycles. The average molecular weight is 238 g/mol. The van der Waals surface area contributed by atoms with Crippen LogP contribution in [0.3, 0.4) is 0 Å². The first kappa shape index (κ1) is 11.9. The molecule has 0 aromatic rings. The molecule has 3 atom stereocenters. The van der Waals surface area contributed by atoms with Crippen molar-refractivity contribution >= 4 is 11.9 Å². The first-order valence-corrected chi connectivity index (χ1v) is 5.48. The Labute approximate surface area is 98.4 Å². The van der Waals surface area contributed by atoms with Crippen molar-refractivity contribution < 1.29 is 24.5 Å². The summed E-state index contributed by atoms with van der Waals surface area (Å²) < 4.78 is 5.47. The first-order valence-electron chi connectivity index (χ1n) is 5.48. The lowest BCUT2D eigenvalue weighted by atomic mass is 9.66. The molecule has 1 fully saturated rings. The van der Waals surface area contributed by atoms with Crippen molar-refractivity contribution in [3.05, 3.63) is 24.3 Å². The first-order chi connectivity index (χ1) is 8.06. The molecule has 2 aliphatic rings. The number of rotatable bonds is 3. The second kappa shape index (κ2) is 4.33. The van der Waals surface area contributed by atoms with Crippen LogP contribution in [-0.4, -0.2) is 34.9 Å². The number of hydrogen-bond donors (Lipinski definition) is 2. The van der Waals surface area contributed by atoms with Crippen molar-refractivity contribution in [1.82, 2.24) is 0 Å². The molecule has 2 rings (SSSR count). The van der Waals surface area contributed by atoms with Crippen LogP contribution < -0.4 is 0 Å². The summed E-state index contributed by atoms with van der Waals surface area (Å²) >= 11 is 0. The lowest BCUT2D eigenvalue weighted by Gasteiger charge is -2.43. The molecule has 0 bridgehead atoms. The van der Waals surface area contributed by atoms with E-state index < -0.39 is 23.3 Å². The van der Waals surface area contributed by atoms with Crippen molar-refractivity contribution in [2.75, 3.05) is 6.61 Å². The summed E-state index contributed by atoms with van der Waals surface area (Å²) in [5.74, 6) is -2.55. The monoisotopic (exact) mass is 238 g/mol. The van der Waals surface area contributed by atoms with Gasteiger partial charge in [0.25, 0.3) is 0 Å². The molecule has 1 saturated heterocycles. The summed E-state index contributed by atoms with van der Waals surface area (Å²) in [5, 5.41) is 18.3. The predicted molar refractivity (Wildman–Crippen MR) is 58.4 cm³/mol. The van der Waals surface area contributed by atoms with Crippen LogP contribution in [0.4, 0.5) is 0 Å². The fourth-order valence-corrected chi connectivity index (χ4v) is 2.59. The zero-order valence-corrected chi connectivity index (χ0v) is 9.20. The zero-order valence-electron chi connectivity index (χ0n) is 9.20. The SMILES string of the molecule is O=C(O)CC1(C(=O)O)CCOC2C=CC=CC21. The Balaban J connectivity index is 2.36. The third kappa shape index (κ3) is 1.98. The fraction of sp³-hybridized carbons (Fsp3) is 0.500. The Morgan fingerprint density at radius 1 is 1.29 bits per heavy atom. The van der Waals surface area contributed by atoms with Crippen molar-refractivity contribution in [1.29, 1.82) is 0 Å². The molecule has 1 aliphatic carbocycles. The number of aliphatic carboxylic acids is 2. The quantitative estimate of drug-likeness (QED) is 0.768. The third-order valence-electron chi connectivity index (χ3n) is 3.47. The van der Waals surface area contributed by atoms with Gasteiger partial charge < -0.3 is 14.9 Å². The summed E-state index contributed by atoms with van der Waals surface area (Å²) in [6.07, 6.45) is 6.59. The second-order valence-electron chi connectivity index (χ2n) is 4.41. The summed E-state index contributed by atoms with van der Waals surface area (Å²) in [4.78, 5) is 22.4. The van der Waals surface area contributed by atoms with E-state index in [9.17, 15) is 14.7 Å². The van der Waals surface area contributed by atoms with Gasteiger partial charge in [-0.3, -0.25) is 9.59 Å². The van der Waals surface area contributed by atoms with Gasteiger partial charge in [-0.2, -0.15) is 0 Å². The topological polar surface area (TPSA) is 83.8 Å². The Bertz CT molecular complexity index is 398. The minimum Gasteiger partial charge on any atom is -0.481 e. The molecule has 17 heavy (non-hydrogen) atoms. The van der Waals surface area contributed by atoms with E-state index in [4.69, 9.17) is 9.84 Å². The van der Waals surface area contributed by atoms with E-state index in [1.165, 1.54) is 0 Å². The summed E-state index contributed by atoms with van der Waals surface area (Å²) in [6.45, 7) is 0.277. The summed E-state index contributed by atoms with van der Waals surface area (Å²) in [5.41, 5.74) is -1.25. The second-order valence-corrected chi connectivity index (χ2v) is 4.41. The maximum Gasteiger partial charge on any atom is 0.311 e. The van der Waals surface area contributed by atoms with Gasteiger partial charge in [-0.25, -0.2) is 0 Å². The molecule has 0 amide bonds. The highest BCUT2D eigenvalue weighted by atomic mass is 16.5. The molecule has 5 nitrogen and oxygen atoms in total. The van der Waals surface area contributed by atoms with Crippen LogP contribution in [0.2, 0.25) is 0 Å². The van der Waals surface area contributed by atoms with Crippen molar-refractivity contribution in [3.63, 3.8) is 0 Å². The van der Waals surface area contributed by atoms with Crippen LogP contribution in [0.15, 0.2) is 24.3 Å². The van der Waals surface area contributed by atoms with E-state index in [1.807, 2.05) is 0 Å². The number of allylic oxidation sites excluding steroid dienone is 2. The van der Waals surface area contributed by atoms with Crippen molar-refractivity contribution in [2.45, 2.75) is 18.9 Å². The highest BCUT2D eigenvalue weighted by molar-refractivity contribution is 5.82. The number of hydrogen-bond acceptors (Lipinski definition) is 3. The standard InChI is InChI=1S/C12H14O5/c13-10(14)7-12(11(15)16)5-6-17-9-4-2-1-3-8(9)12/h1-4,8-9H,5-7H2,(H,13,14)(H,15,16). The number of carboxylic acids is 2. The highest BCUT2D eigenvalue weighted by Gasteiger charge is 2.51. The Morgan fingerprint density at radius 3 is 2.65 bits per heavy atom. The van der Waals surface area contributed by atoms with Gasteiger partial charge in [-0.15, -0.1) is 0 Å². The smallest absolute Gasteiger partial charge is 0.311 e. The molecular formula is C12H14O5. The minimum absolute atomic E-state index is 0.230. The Morgan fingerprint density at radius 2 is 2.00 bits per heavy atom. The Kier molecular flexibility index (Phi) is 3.02. The largest absolute Gasteiger partial charge is 0.481 e.